The van der Waals surface area contributed by atoms with Crippen LogP contribution in [0.25, 0.3) is 0 Å². The van der Waals surface area contributed by atoms with Gasteiger partial charge in [0.05, 0.1) is 0 Å². The van der Waals surface area contributed by atoms with E-state index in [1.165, 1.54) is 19.3 Å². The Morgan fingerprint density at radius 2 is 2.06 bits per heavy atom. The van der Waals surface area contributed by atoms with Gasteiger partial charge in [0.25, 0.3) is 0 Å². The van der Waals surface area contributed by atoms with Gasteiger partial charge in [-0.3, -0.25) is 0 Å². The summed E-state index contributed by atoms with van der Waals surface area (Å²) in [5.74, 6) is 0.711. The average Bonchev–Trinajstić information content (AvgIpc) is 2.87. The predicted molar refractivity (Wildman–Crippen MR) is 69.5 cm³/mol. The van der Waals surface area contributed by atoms with E-state index in [2.05, 4.69) is 22.4 Å². The Hall–Kier alpha value is -1.10. The van der Waals surface area contributed by atoms with Crippen molar-refractivity contribution in [2.24, 2.45) is 0 Å². The van der Waals surface area contributed by atoms with Crippen LogP contribution < -0.4 is 5.32 Å². The van der Waals surface area contributed by atoms with Crippen molar-refractivity contribution in [1.82, 2.24) is 10.1 Å². The molecular weight excluding hydrogens is 230 g/mol. The summed E-state index contributed by atoms with van der Waals surface area (Å²) in [4.78, 5) is 4.45. The summed E-state index contributed by atoms with van der Waals surface area (Å²) in [6.45, 7) is 5.66. The summed E-state index contributed by atoms with van der Waals surface area (Å²) >= 11 is 0. The van der Waals surface area contributed by atoms with Crippen LogP contribution in [0.15, 0.2) is 4.52 Å². The molecule has 5 nitrogen and oxygen atoms in total. The molecule has 1 N–H and O–H groups in total. The third-order valence-corrected chi connectivity index (χ3v) is 3.44. The van der Waals surface area contributed by atoms with Crippen LogP contribution in [0.4, 0.5) is 6.01 Å². The van der Waals surface area contributed by atoms with Crippen LogP contribution in [0.2, 0.25) is 0 Å². The number of ether oxygens (including phenoxy) is 1. The number of nitrogens with zero attached hydrogens (tertiary/aromatic N) is 2. The van der Waals surface area contributed by atoms with Crippen LogP contribution in [-0.2, 0) is 10.3 Å². The molecule has 0 bridgehead atoms. The summed E-state index contributed by atoms with van der Waals surface area (Å²) in [5.41, 5.74) is -0.317. The highest BCUT2D eigenvalue weighted by molar-refractivity contribution is 5.20. The molecule has 0 saturated heterocycles. The summed E-state index contributed by atoms with van der Waals surface area (Å²) in [7, 11) is 0. The van der Waals surface area contributed by atoms with Crippen LogP contribution >= 0.6 is 0 Å². The summed E-state index contributed by atoms with van der Waals surface area (Å²) < 4.78 is 11.2. The van der Waals surface area contributed by atoms with Crippen LogP contribution in [0.3, 0.4) is 0 Å². The van der Waals surface area contributed by atoms with E-state index >= 15 is 0 Å². The van der Waals surface area contributed by atoms with Crippen molar-refractivity contribution in [3.8, 4) is 0 Å². The van der Waals surface area contributed by atoms with E-state index < -0.39 is 0 Å². The smallest absolute Gasteiger partial charge is 0.321 e. The van der Waals surface area contributed by atoms with Gasteiger partial charge in [0.2, 0.25) is 5.82 Å². The minimum atomic E-state index is -0.317. The second-order valence-corrected chi connectivity index (χ2v) is 4.84. The van der Waals surface area contributed by atoms with Gasteiger partial charge >= 0.3 is 6.01 Å². The highest BCUT2D eigenvalue weighted by Gasteiger charge is 2.39. The van der Waals surface area contributed by atoms with E-state index in [-0.39, 0.29) is 5.60 Å². The molecule has 0 spiro atoms. The Morgan fingerprint density at radius 1 is 1.28 bits per heavy atom. The van der Waals surface area contributed by atoms with Crippen LogP contribution in [-0.4, -0.2) is 23.3 Å². The Labute approximate surface area is 108 Å². The Kier molecular flexibility index (Phi) is 4.58. The fourth-order valence-corrected chi connectivity index (χ4v) is 2.54. The molecule has 0 amide bonds. The van der Waals surface area contributed by atoms with E-state index in [1.807, 2.05) is 6.92 Å². The first-order chi connectivity index (χ1) is 8.80. The van der Waals surface area contributed by atoms with Crippen LogP contribution in [0.1, 0.15) is 58.2 Å². The Morgan fingerprint density at radius 3 is 2.72 bits per heavy atom. The molecule has 0 atom stereocenters. The van der Waals surface area contributed by atoms with Crippen LogP contribution in [0, 0.1) is 0 Å². The van der Waals surface area contributed by atoms with E-state index in [9.17, 15) is 0 Å². The quantitative estimate of drug-likeness (QED) is 0.844. The molecule has 1 fully saturated rings. The third kappa shape index (κ3) is 2.83. The highest BCUT2D eigenvalue weighted by atomic mass is 16.5. The van der Waals surface area contributed by atoms with Gasteiger partial charge in [-0.15, -0.1) is 0 Å². The molecule has 2 rings (SSSR count). The number of nitrogens with one attached hydrogen (secondary N) is 1. The largest absolute Gasteiger partial charge is 0.367 e. The molecule has 0 unspecified atom stereocenters. The first kappa shape index (κ1) is 13.3. The standard InChI is InChI=1S/C13H23N3O2/c1-3-10-14-12-15-11(16-18-12)13(17-4-2)8-6-5-7-9-13/h3-10H2,1-2H3,(H,14,15,16). The second kappa shape index (κ2) is 6.18. The number of hydrogen-bond donors (Lipinski definition) is 1. The van der Waals surface area contributed by atoms with E-state index in [0.29, 0.717) is 18.4 Å². The lowest BCUT2D eigenvalue weighted by molar-refractivity contribution is -0.0777. The van der Waals surface area contributed by atoms with Crippen molar-refractivity contribution in [1.29, 1.82) is 0 Å². The van der Waals surface area contributed by atoms with Crippen molar-refractivity contribution in [2.45, 2.75) is 58.0 Å². The van der Waals surface area contributed by atoms with Gasteiger partial charge in [0.1, 0.15) is 5.60 Å². The molecule has 0 aromatic carbocycles. The van der Waals surface area contributed by atoms with E-state index in [1.54, 1.807) is 0 Å². The average molecular weight is 253 g/mol. The number of hydrogen-bond acceptors (Lipinski definition) is 5. The molecule has 18 heavy (non-hydrogen) atoms. The number of aromatic nitrogens is 2. The van der Waals surface area contributed by atoms with Gasteiger partial charge in [-0.05, 0) is 26.2 Å². The maximum Gasteiger partial charge on any atom is 0.321 e. The molecule has 1 saturated carbocycles. The van der Waals surface area contributed by atoms with Crippen LogP contribution in [0.5, 0.6) is 0 Å². The zero-order valence-electron chi connectivity index (χ0n) is 11.4. The van der Waals surface area contributed by atoms with Gasteiger partial charge in [-0.2, -0.15) is 4.98 Å². The normalized spacial score (nSPS) is 18.8. The van der Waals surface area contributed by atoms with Crippen molar-refractivity contribution >= 4 is 6.01 Å². The minimum absolute atomic E-state index is 0.317. The summed E-state index contributed by atoms with van der Waals surface area (Å²) in [6.07, 6.45) is 6.64. The minimum Gasteiger partial charge on any atom is -0.367 e. The Bertz CT molecular complexity index is 353. The molecule has 0 aliphatic heterocycles. The van der Waals surface area contributed by atoms with Gasteiger partial charge in [-0.25, -0.2) is 0 Å². The number of rotatable bonds is 6. The zero-order chi connectivity index (χ0) is 12.8. The monoisotopic (exact) mass is 253 g/mol. The van der Waals surface area contributed by atoms with E-state index in [4.69, 9.17) is 9.26 Å². The van der Waals surface area contributed by atoms with Gasteiger partial charge in [0, 0.05) is 13.2 Å². The maximum absolute atomic E-state index is 5.96. The SMILES string of the molecule is CCCNc1nc(C2(OCC)CCCCC2)no1. The molecular formula is C13H23N3O2. The fraction of sp³-hybridized carbons (Fsp3) is 0.846. The molecule has 1 aromatic rings. The lowest BCUT2D eigenvalue weighted by atomic mass is 9.84. The first-order valence-corrected chi connectivity index (χ1v) is 7.03. The van der Waals surface area contributed by atoms with Gasteiger partial charge < -0.3 is 14.6 Å². The zero-order valence-corrected chi connectivity index (χ0v) is 11.4. The molecule has 1 aliphatic carbocycles. The third-order valence-electron chi connectivity index (χ3n) is 3.44. The Balaban J connectivity index is 2.12. The lowest BCUT2D eigenvalue weighted by Crippen LogP contribution is -2.33. The molecule has 102 valence electrons. The molecule has 1 aliphatic rings. The van der Waals surface area contributed by atoms with E-state index in [0.717, 1.165) is 25.8 Å². The second-order valence-electron chi connectivity index (χ2n) is 4.84. The molecule has 0 radical (unpaired) electrons. The van der Waals surface area contributed by atoms with Gasteiger partial charge in [-0.1, -0.05) is 31.3 Å². The lowest BCUT2D eigenvalue weighted by Gasteiger charge is -2.33. The molecule has 5 heteroatoms. The summed E-state index contributed by atoms with van der Waals surface area (Å²) in [5, 5.41) is 7.23. The fourth-order valence-electron chi connectivity index (χ4n) is 2.54. The van der Waals surface area contributed by atoms with Crippen molar-refractivity contribution < 1.29 is 9.26 Å². The van der Waals surface area contributed by atoms with Gasteiger partial charge in [0.15, 0.2) is 0 Å². The molecule has 1 heterocycles. The molecule has 1 aromatic heterocycles. The predicted octanol–water partition coefficient (Wildman–Crippen LogP) is 3.09. The summed E-state index contributed by atoms with van der Waals surface area (Å²) in [6, 6.07) is 0.511. The van der Waals surface area contributed by atoms with Crippen molar-refractivity contribution in [3.05, 3.63) is 5.82 Å². The number of anilines is 1. The van der Waals surface area contributed by atoms with Crippen molar-refractivity contribution in [2.75, 3.05) is 18.5 Å². The first-order valence-electron chi connectivity index (χ1n) is 7.03. The maximum atomic E-state index is 5.96. The van der Waals surface area contributed by atoms with Crippen molar-refractivity contribution in [3.63, 3.8) is 0 Å². The topological polar surface area (TPSA) is 60.2 Å². The highest BCUT2D eigenvalue weighted by Crippen LogP contribution is 2.39.